The Labute approximate surface area is 158 Å². The molecule has 0 aromatic heterocycles. The van der Waals surface area contributed by atoms with Crippen LogP contribution >= 0.6 is 0 Å². The number of carbonyl (C=O) groups is 1. The number of hydrogen-bond acceptors (Lipinski definition) is 3. The SMILES string of the molecule is CCC(O)OC(=O)[C@@]1(C)CCC[C@@]2(C)C1CC=C1C=C(C(C)C)CC[C@H]12. The predicted octanol–water partition coefficient (Wildman–Crippen LogP) is 5.39. The van der Waals surface area contributed by atoms with E-state index in [0.29, 0.717) is 24.2 Å². The third-order valence-electron chi connectivity index (χ3n) is 7.64. The van der Waals surface area contributed by atoms with Gasteiger partial charge in [-0.15, -0.1) is 0 Å². The van der Waals surface area contributed by atoms with Gasteiger partial charge in [0, 0.05) is 6.42 Å². The smallest absolute Gasteiger partial charge is 0.314 e. The fourth-order valence-corrected chi connectivity index (χ4v) is 5.93. The number of aliphatic hydroxyl groups is 1. The Morgan fingerprint density at radius 2 is 2.08 bits per heavy atom. The average molecular weight is 361 g/mol. The van der Waals surface area contributed by atoms with Crippen molar-refractivity contribution in [3.8, 4) is 0 Å². The molecule has 3 nitrogen and oxygen atoms in total. The van der Waals surface area contributed by atoms with E-state index >= 15 is 0 Å². The van der Waals surface area contributed by atoms with E-state index in [2.05, 4.69) is 39.8 Å². The minimum atomic E-state index is -0.978. The Kier molecular flexibility index (Phi) is 5.40. The molecule has 146 valence electrons. The first-order valence-electron chi connectivity index (χ1n) is 10.5. The summed E-state index contributed by atoms with van der Waals surface area (Å²) in [5, 5.41) is 9.84. The van der Waals surface area contributed by atoms with Gasteiger partial charge in [0.1, 0.15) is 0 Å². The molecule has 0 bridgehead atoms. The van der Waals surface area contributed by atoms with E-state index in [0.717, 1.165) is 19.3 Å². The summed E-state index contributed by atoms with van der Waals surface area (Å²) >= 11 is 0. The lowest BCUT2D eigenvalue weighted by molar-refractivity contribution is -0.192. The Morgan fingerprint density at radius 1 is 1.35 bits per heavy atom. The maximum absolute atomic E-state index is 13.0. The second-order valence-electron chi connectivity index (χ2n) is 9.50. The molecule has 3 rings (SSSR count). The van der Waals surface area contributed by atoms with Crippen LogP contribution in [0.1, 0.15) is 79.6 Å². The van der Waals surface area contributed by atoms with Crippen LogP contribution in [0.15, 0.2) is 23.3 Å². The average Bonchev–Trinajstić information content (AvgIpc) is 2.60. The fraction of sp³-hybridized carbons (Fsp3) is 0.783. The van der Waals surface area contributed by atoms with Gasteiger partial charge in [0.25, 0.3) is 0 Å². The van der Waals surface area contributed by atoms with E-state index in [4.69, 9.17) is 4.74 Å². The Bertz CT molecular complexity index is 617. The molecule has 0 saturated heterocycles. The lowest BCUT2D eigenvalue weighted by atomic mass is 9.47. The van der Waals surface area contributed by atoms with E-state index in [1.807, 2.05) is 6.92 Å². The molecule has 3 aliphatic carbocycles. The van der Waals surface area contributed by atoms with E-state index in [-0.39, 0.29) is 11.4 Å². The molecule has 5 atom stereocenters. The molecule has 3 heteroatoms. The summed E-state index contributed by atoms with van der Waals surface area (Å²) in [4.78, 5) is 13.0. The van der Waals surface area contributed by atoms with Gasteiger partial charge in [-0.1, -0.05) is 51.8 Å². The molecule has 1 saturated carbocycles. The van der Waals surface area contributed by atoms with Crippen LogP contribution < -0.4 is 0 Å². The van der Waals surface area contributed by atoms with Crippen LogP contribution in [-0.2, 0) is 9.53 Å². The van der Waals surface area contributed by atoms with Gasteiger partial charge in [0.05, 0.1) is 5.41 Å². The van der Waals surface area contributed by atoms with Gasteiger partial charge in [-0.2, -0.15) is 0 Å². The number of carbonyl (C=O) groups excluding carboxylic acids is 1. The molecule has 1 N–H and O–H groups in total. The lowest BCUT2D eigenvalue weighted by Crippen LogP contribution is -2.53. The highest BCUT2D eigenvalue weighted by Gasteiger charge is 2.57. The van der Waals surface area contributed by atoms with Crippen molar-refractivity contribution in [2.45, 2.75) is 85.9 Å². The van der Waals surface area contributed by atoms with Crippen molar-refractivity contribution in [3.63, 3.8) is 0 Å². The van der Waals surface area contributed by atoms with E-state index < -0.39 is 11.7 Å². The Balaban J connectivity index is 1.91. The Morgan fingerprint density at radius 3 is 2.73 bits per heavy atom. The normalized spacial score (nSPS) is 38.0. The highest BCUT2D eigenvalue weighted by atomic mass is 16.6. The minimum absolute atomic E-state index is 0.145. The zero-order valence-corrected chi connectivity index (χ0v) is 17.2. The molecule has 0 spiro atoms. The largest absolute Gasteiger partial charge is 0.436 e. The third kappa shape index (κ3) is 3.17. The minimum Gasteiger partial charge on any atom is -0.436 e. The highest BCUT2D eigenvalue weighted by molar-refractivity contribution is 5.77. The van der Waals surface area contributed by atoms with Crippen molar-refractivity contribution < 1.29 is 14.6 Å². The van der Waals surface area contributed by atoms with Gasteiger partial charge >= 0.3 is 5.97 Å². The van der Waals surface area contributed by atoms with Crippen LogP contribution in [0.5, 0.6) is 0 Å². The second-order valence-corrected chi connectivity index (χ2v) is 9.50. The molecule has 0 radical (unpaired) electrons. The van der Waals surface area contributed by atoms with Crippen molar-refractivity contribution in [3.05, 3.63) is 23.3 Å². The molecule has 2 unspecified atom stereocenters. The number of allylic oxidation sites excluding steroid dienone is 4. The summed E-state index contributed by atoms with van der Waals surface area (Å²) < 4.78 is 5.40. The number of ether oxygens (including phenoxy) is 1. The van der Waals surface area contributed by atoms with Gasteiger partial charge in [-0.3, -0.25) is 4.79 Å². The molecule has 0 aromatic carbocycles. The van der Waals surface area contributed by atoms with Gasteiger partial charge in [-0.05, 0) is 67.8 Å². The van der Waals surface area contributed by atoms with Crippen LogP contribution in [0.4, 0.5) is 0 Å². The summed E-state index contributed by atoms with van der Waals surface area (Å²) in [5.41, 5.74) is 2.72. The zero-order valence-electron chi connectivity index (χ0n) is 17.2. The van der Waals surface area contributed by atoms with Crippen LogP contribution in [0.25, 0.3) is 0 Å². The van der Waals surface area contributed by atoms with Crippen molar-refractivity contribution in [1.82, 2.24) is 0 Å². The molecule has 0 heterocycles. The van der Waals surface area contributed by atoms with Gasteiger partial charge in [-0.25, -0.2) is 0 Å². The van der Waals surface area contributed by atoms with Gasteiger partial charge in [0.15, 0.2) is 6.29 Å². The van der Waals surface area contributed by atoms with Crippen LogP contribution in [-0.4, -0.2) is 17.4 Å². The first kappa shape index (κ1) is 19.7. The van der Waals surface area contributed by atoms with Crippen molar-refractivity contribution in [2.24, 2.45) is 28.6 Å². The highest BCUT2D eigenvalue weighted by Crippen LogP contribution is 2.62. The molecule has 0 amide bonds. The number of hydrogen-bond donors (Lipinski definition) is 1. The van der Waals surface area contributed by atoms with Crippen molar-refractivity contribution in [1.29, 1.82) is 0 Å². The maximum atomic E-state index is 13.0. The molecular formula is C23H36O3. The summed E-state index contributed by atoms with van der Waals surface area (Å²) in [5.74, 6) is 1.26. The Hall–Kier alpha value is -1.09. The van der Waals surface area contributed by atoms with E-state index in [1.165, 1.54) is 24.8 Å². The monoisotopic (exact) mass is 360 g/mol. The number of fused-ring (bicyclic) bond motifs is 3. The molecule has 1 fully saturated rings. The van der Waals surface area contributed by atoms with Crippen LogP contribution in [0.2, 0.25) is 0 Å². The molecular weight excluding hydrogens is 324 g/mol. The van der Waals surface area contributed by atoms with E-state index in [1.54, 1.807) is 5.57 Å². The van der Waals surface area contributed by atoms with Crippen molar-refractivity contribution >= 4 is 5.97 Å². The second kappa shape index (κ2) is 7.14. The maximum Gasteiger partial charge on any atom is 0.314 e. The fourth-order valence-electron chi connectivity index (χ4n) is 5.93. The van der Waals surface area contributed by atoms with Crippen LogP contribution in [0, 0.1) is 28.6 Å². The number of esters is 1. The van der Waals surface area contributed by atoms with Crippen molar-refractivity contribution in [2.75, 3.05) is 0 Å². The summed E-state index contributed by atoms with van der Waals surface area (Å²) in [6.07, 6.45) is 10.7. The summed E-state index contributed by atoms with van der Waals surface area (Å²) in [7, 11) is 0. The molecule has 3 aliphatic rings. The van der Waals surface area contributed by atoms with Crippen LogP contribution in [0.3, 0.4) is 0 Å². The summed E-state index contributed by atoms with van der Waals surface area (Å²) in [6.45, 7) is 10.9. The lowest BCUT2D eigenvalue weighted by Gasteiger charge is -2.57. The quantitative estimate of drug-likeness (QED) is 0.540. The zero-order chi connectivity index (χ0) is 19.1. The predicted molar refractivity (Wildman–Crippen MR) is 104 cm³/mol. The molecule has 0 aliphatic heterocycles. The number of rotatable bonds is 4. The summed E-state index contributed by atoms with van der Waals surface area (Å²) in [6, 6.07) is 0. The third-order valence-corrected chi connectivity index (χ3v) is 7.64. The van der Waals surface area contributed by atoms with E-state index in [9.17, 15) is 9.90 Å². The first-order chi connectivity index (χ1) is 12.2. The van der Waals surface area contributed by atoms with Gasteiger partial charge < -0.3 is 9.84 Å². The molecule has 26 heavy (non-hydrogen) atoms. The topological polar surface area (TPSA) is 46.5 Å². The van der Waals surface area contributed by atoms with Gasteiger partial charge in [0.2, 0.25) is 0 Å². The number of aliphatic hydroxyl groups excluding tert-OH is 1. The standard InChI is InChI=1S/C23H36O3/c1-6-20(24)26-21(25)23(5)13-7-12-22(4)18-10-8-16(15(2)3)14-17(18)9-11-19(22)23/h9,14-15,18-20,24H,6-8,10-13H2,1-5H3/t18-,19?,20?,22-,23+/m1/s1. The first-order valence-corrected chi connectivity index (χ1v) is 10.5. The molecule has 0 aromatic rings.